The second-order valence-electron chi connectivity index (χ2n) is 3.84. The van der Waals surface area contributed by atoms with Crippen molar-refractivity contribution in [1.29, 1.82) is 0 Å². The van der Waals surface area contributed by atoms with Crippen LogP contribution in [0.4, 0.5) is 0 Å². The number of nitrogens with one attached hydrogen (secondary N) is 1. The molecule has 1 rings (SSSR count). The molecule has 1 aliphatic heterocycles. The van der Waals surface area contributed by atoms with Gasteiger partial charge in [-0.1, -0.05) is 0 Å². The topological polar surface area (TPSA) is 35.5 Å². The van der Waals surface area contributed by atoms with Crippen LogP contribution in [0.25, 0.3) is 0 Å². The first-order chi connectivity index (χ1) is 5.71. The summed E-state index contributed by atoms with van der Waals surface area (Å²) in [5.74, 6) is 0. The zero-order chi connectivity index (χ0) is 9.03. The van der Waals surface area contributed by atoms with Crippen molar-refractivity contribution in [3.8, 4) is 0 Å². The van der Waals surface area contributed by atoms with Crippen LogP contribution in [0.15, 0.2) is 0 Å². The van der Waals surface area contributed by atoms with E-state index in [1.165, 1.54) is 0 Å². The summed E-state index contributed by atoms with van der Waals surface area (Å²) in [7, 11) is 4.22. The van der Waals surface area contributed by atoms with E-state index >= 15 is 0 Å². The van der Waals surface area contributed by atoms with E-state index in [0.717, 1.165) is 32.4 Å². The van der Waals surface area contributed by atoms with Gasteiger partial charge in [0, 0.05) is 12.1 Å². The summed E-state index contributed by atoms with van der Waals surface area (Å²) < 4.78 is 0. The third-order valence-corrected chi connectivity index (χ3v) is 3.06. The molecule has 1 saturated heterocycles. The Balaban J connectivity index is 2.56. The third-order valence-electron chi connectivity index (χ3n) is 3.06. The molecule has 1 fully saturated rings. The number of aliphatic hydroxyl groups is 1. The maximum atomic E-state index is 8.99. The highest BCUT2D eigenvalue weighted by Crippen LogP contribution is 2.27. The fraction of sp³-hybridized carbons (Fsp3) is 1.00. The summed E-state index contributed by atoms with van der Waals surface area (Å²) in [6, 6.07) is 0. The van der Waals surface area contributed by atoms with Crippen LogP contribution in [-0.4, -0.2) is 49.3 Å². The van der Waals surface area contributed by atoms with Crippen LogP contribution in [0.5, 0.6) is 0 Å². The first-order valence-electron chi connectivity index (χ1n) is 4.70. The average Bonchev–Trinajstić information content (AvgIpc) is 2.06. The quantitative estimate of drug-likeness (QED) is 0.631. The lowest BCUT2D eigenvalue weighted by Gasteiger charge is -2.43. The van der Waals surface area contributed by atoms with Crippen LogP contribution >= 0.6 is 0 Å². The van der Waals surface area contributed by atoms with E-state index in [2.05, 4.69) is 24.3 Å². The summed E-state index contributed by atoms with van der Waals surface area (Å²) in [4.78, 5) is 2.27. The van der Waals surface area contributed by atoms with Gasteiger partial charge in [0.2, 0.25) is 0 Å². The van der Waals surface area contributed by atoms with Gasteiger partial charge in [-0.05, 0) is 46.4 Å². The molecule has 0 bridgehead atoms. The van der Waals surface area contributed by atoms with Crippen molar-refractivity contribution in [2.75, 3.05) is 33.8 Å². The van der Waals surface area contributed by atoms with E-state index in [1.807, 2.05) is 0 Å². The van der Waals surface area contributed by atoms with Crippen molar-refractivity contribution in [2.45, 2.75) is 24.8 Å². The van der Waals surface area contributed by atoms with Crippen molar-refractivity contribution in [3.63, 3.8) is 0 Å². The molecule has 0 aromatic heterocycles. The second kappa shape index (κ2) is 4.21. The minimum atomic E-state index is 0.250. The van der Waals surface area contributed by atoms with Gasteiger partial charge >= 0.3 is 0 Å². The van der Waals surface area contributed by atoms with Crippen molar-refractivity contribution in [1.82, 2.24) is 10.2 Å². The molecule has 0 atom stereocenters. The molecule has 2 N–H and O–H groups in total. The molecule has 1 aliphatic rings. The van der Waals surface area contributed by atoms with E-state index in [9.17, 15) is 0 Å². The van der Waals surface area contributed by atoms with E-state index in [1.54, 1.807) is 0 Å². The SMILES string of the molecule is CN(C)C1(CCO)CCNCC1. The lowest BCUT2D eigenvalue weighted by atomic mass is 9.84. The Morgan fingerprint density at radius 2 is 1.92 bits per heavy atom. The van der Waals surface area contributed by atoms with Crippen molar-refractivity contribution in [2.24, 2.45) is 0 Å². The van der Waals surface area contributed by atoms with E-state index in [-0.39, 0.29) is 5.54 Å². The normalized spacial score (nSPS) is 23.0. The number of hydrogen-bond donors (Lipinski definition) is 2. The van der Waals surface area contributed by atoms with Crippen LogP contribution < -0.4 is 5.32 Å². The molecule has 72 valence electrons. The molecule has 0 saturated carbocycles. The molecule has 3 nitrogen and oxygen atoms in total. The van der Waals surface area contributed by atoms with Gasteiger partial charge in [-0.15, -0.1) is 0 Å². The summed E-state index contributed by atoms with van der Waals surface area (Å²) in [6.07, 6.45) is 3.21. The predicted molar refractivity (Wildman–Crippen MR) is 50.2 cm³/mol. The van der Waals surface area contributed by atoms with Crippen molar-refractivity contribution >= 4 is 0 Å². The first kappa shape index (κ1) is 9.96. The van der Waals surface area contributed by atoms with Gasteiger partial charge in [-0.3, -0.25) is 0 Å². The largest absolute Gasteiger partial charge is 0.396 e. The third kappa shape index (κ3) is 1.97. The standard InChI is InChI=1S/C9H20N2O/c1-11(2)9(5-8-12)3-6-10-7-4-9/h10,12H,3-8H2,1-2H3. The number of nitrogens with zero attached hydrogens (tertiary/aromatic N) is 1. The summed E-state index contributed by atoms with van der Waals surface area (Å²) in [5, 5.41) is 12.3. The Morgan fingerprint density at radius 1 is 1.33 bits per heavy atom. The highest BCUT2D eigenvalue weighted by molar-refractivity contribution is 4.91. The zero-order valence-corrected chi connectivity index (χ0v) is 8.14. The van der Waals surface area contributed by atoms with Gasteiger partial charge < -0.3 is 15.3 Å². The first-order valence-corrected chi connectivity index (χ1v) is 4.70. The van der Waals surface area contributed by atoms with E-state index in [0.29, 0.717) is 6.61 Å². The van der Waals surface area contributed by atoms with Crippen LogP contribution in [0.1, 0.15) is 19.3 Å². The summed E-state index contributed by atoms with van der Waals surface area (Å²) in [5.41, 5.74) is 0.250. The van der Waals surface area contributed by atoms with Crippen molar-refractivity contribution < 1.29 is 5.11 Å². The second-order valence-corrected chi connectivity index (χ2v) is 3.84. The Morgan fingerprint density at radius 3 is 2.33 bits per heavy atom. The minimum Gasteiger partial charge on any atom is -0.396 e. The van der Waals surface area contributed by atoms with E-state index < -0.39 is 0 Å². The Bertz CT molecular complexity index is 125. The van der Waals surface area contributed by atoms with Crippen LogP contribution in [-0.2, 0) is 0 Å². The monoisotopic (exact) mass is 172 g/mol. The minimum absolute atomic E-state index is 0.250. The molecular formula is C9H20N2O. The fourth-order valence-electron chi connectivity index (χ4n) is 2.02. The molecule has 1 heterocycles. The predicted octanol–water partition coefficient (Wildman–Crippen LogP) is 0.0526. The number of rotatable bonds is 3. The molecule has 0 radical (unpaired) electrons. The number of piperidine rings is 1. The molecular weight excluding hydrogens is 152 g/mol. The molecule has 12 heavy (non-hydrogen) atoms. The van der Waals surface area contributed by atoms with Crippen LogP contribution in [0, 0.1) is 0 Å². The number of aliphatic hydroxyl groups excluding tert-OH is 1. The van der Waals surface area contributed by atoms with Gasteiger partial charge in [0.25, 0.3) is 0 Å². The van der Waals surface area contributed by atoms with Gasteiger partial charge in [-0.2, -0.15) is 0 Å². The molecule has 0 aromatic rings. The van der Waals surface area contributed by atoms with Crippen LogP contribution in [0.3, 0.4) is 0 Å². The summed E-state index contributed by atoms with van der Waals surface area (Å²) in [6.45, 7) is 2.47. The number of hydrogen-bond acceptors (Lipinski definition) is 3. The van der Waals surface area contributed by atoms with Gasteiger partial charge in [0.05, 0.1) is 0 Å². The molecule has 0 aliphatic carbocycles. The Labute approximate surface area is 74.8 Å². The molecule has 3 heteroatoms. The Hall–Kier alpha value is -0.120. The molecule has 0 unspecified atom stereocenters. The Kier molecular flexibility index (Phi) is 3.50. The van der Waals surface area contributed by atoms with Gasteiger partial charge in [0.1, 0.15) is 0 Å². The van der Waals surface area contributed by atoms with Gasteiger partial charge in [0.15, 0.2) is 0 Å². The zero-order valence-electron chi connectivity index (χ0n) is 8.14. The van der Waals surface area contributed by atoms with E-state index in [4.69, 9.17) is 5.11 Å². The average molecular weight is 172 g/mol. The maximum Gasteiger partial charge on any atom is 0.0448 e. The summed E-state index contributed by atoms with van der Waals surface area (Å²) >= 11 is 0. The lowest BCUT2D eigenvalue weighted by molar-refractivity contribution is 0.0755. The smallest absolute Gasteiger partial charge is 0.0448 e. The fourth-order valence-corrected chi connectivity index (χ4v) is 2.02. The maximum absolute atomic E-state index is 8.99. The lowest BCUT2D eigenvalue weighted by Crippen LogP contribution is -2.52. The van der Waals surface area contributed by atoms with Crippen molar-refractivity contribution in [3.05, 3.63) is 0 Å². The van der Waals surface area contributed by atoms with Gasteiger partial charge in [-0.25, -0.2) is 0 Å². The highest BCUT2D eigenvalue weighted by Gasteiger charge is 2.33. The molecule has 0 spiro atoms. The highest BCUT2D eigenvalue weighted by atomic mass is 16.3. The molecule has 0 aromatic carbocycles. The molecule has 0 amide bonds. The van der Waals surface area contributed by atoms with Crippen LogP contribution in [0.2, 0.25) is 0 Å².